The lowest BCUT2D eigenvalue weighted by Crippen LogP contribution is -2.29. The molecule has 0 spiro atoms. The zero-order valence-corrected chi connectivity index (χ0v) is 10.7. The first-order valence-electron chi connectivity index (χ1n) is 5.50. The minimum atomic E-state index is -3.11. The predicted octanol–water partition coefficient (Wildman–Crippen LogP) is 0.340. The Hall–Kier alpha value is -1.57. The molecule has 1 fully saturated rings. The molecule has 100 valence electrons. The van der Waals surface area contributed by atoms with Gasteiger partial charge in [0.1, 0.15) is 0 Å². The summed E-state index contributed by atoms with van der Waals surface area (Å²) in [6.45, 7) is 0. The highest BCUT2D eigenvalue weighted by Crippen LogP contribution is 2.27. The molecule has 0 aliphatic carbocycles. The zero-order chi connectivity index (χ0) is 13.3. The van der Waals surface area contributed by atoms with Gasteiger partial charge < -0.3 is 9.84 Å². The van der Waals surface area contributed by atoms with E-state index >= 15 is 0 Å². The average Bonchev–Trinajstić information content (AvgIpc) is 2.71. The van der Waals surface area contributed by atoms with Crippen molar-refractivity contribution in [3.8, 4) is 5.75 Å². The van der Waals surface area contributed by atoms with Gasteiger partial charge in [-0.05, 0) is 12.8 Å². The Kier molecular flexibility index (Phi) is 3.29. The molecule has 1 N–H and O–H groups in total. The number of carboxylic acids is 1. The minimum Gasteiger partial charge on any atom is -0.493 e. The van der Waals surface area contributed by atoms with Gasteiger partial charge in [-0.2, -0.15) is 5.10 Å². The van der Waals surface area contributed by atoms with E-state index in [1.807, 2.05) is 0 Å². The predicted molar refractivity (Wildman–Crippen MR) is 62.7 cm³/mol. The van der Waals surface area contributed by atoms with Crippen molar-refractivity contribution in [1.29, 1.82) is 0 Å². The summed E-state index contributed by atoms with van der Waals surface area (Å²) in [5, 5.41) is 13.1. The summed E-state index contributed by atoms with van der Waals surface area (Å²) in [5.74, 6) is -0.944. The lowest BCUT2D eigenvalue weighted by Gasteiger charge is -2.23. The Morgan fingerprint density at radius 2 is 2.33 bits per heavy atom. The van der Waals surface area contributed by atoms with Crippen LogP contribution < -0.4 is 4.74 Å². The third kappa shape index (κ3) is 2.33. The zero-order valence-electron chi connectivity index (χ0n) is 9.87. The van der Waals surface area contributed by atoms with Crippen molar-refractivity contribution in [2.75, 3.05) is 18.6 Å². The van der Waals surface area contributed by atoms with Gasteiger partial charge in [-0.15, -0.1) is 0 Å². The van der Waals surface area contributed by atoms with E-state index in [-0.39, 0.29) is 22.9 Å². The van der Waals surface area contributed by atoms with E-state index in [1.54, 1.807) is 0 Å². The fourth-order valence-electron chi connectivity index (χ4n) is 2.17. The number of hydrogen-bond donors (Lipinski definition) is 1. The van der Waals surface area contributed by atoms with Crippen LogP contribution in [0.25, 0.3) is 0 Å². The van der Waals surface area contributed by atoms with Crippen LogP contribution in [0.15, 0.2) is 6.20 Å². The molecule has 0 saturated carbocycles. The third-order valence-corrected chi connectivity index (χ3v) is 4.77. The molecule has 1 aliphatic rings. The molecular weight excluding hydrogens is 260 g/mol. The molecule has 8 heteroatoms. The Bertz CT molecular complexity index is 563. The third-order valence-electron chi connectivity index (χ3n) is 2.97. The highest BCUT2D eigenvalue weighted by Gasteiger charge is 2.30. The second-order valence-electron chi connectivity index (χ2n) is 4.22. The topological polar surface area (TPSA) is 98.5 Å². The van der Waals surface area contributed by atoms with Crippen LogP contribution in [0.1, 0.15) is 29.4 Å². The SMILES string of the molecule is COc1cnn(C2CCCS(=O)(=O)C2)c1C(=O)O. The Labute approximate surface area is 104 Å². The van der Waals surface area contributed by atoms with Gasteiger partial charge in [-0.1, -0.05) is 0 Å². The first-order chi connectivity index (χ1) is 8.44. The summed E-state index contributed by atoms with van der Waals surface area (Å²) in [6.07, 6.45) is 2.42. The molecule has 2 rings (SSSR count). The van der Waals surface area contributed by atoms with E-state index in [4.69, 9.17) is 9.84 Å². The van der Waals surface area contributed by atoms with Crippen LogP contribution in [0.2, 0.25) is 0 Å². The molecule has 7 nitrogen and oxygen atoms in total. The Morgan fingerprint density at radius 1 is 1.61 bits per heavy atom. The van der Waals surface area contributed by atoms with Gasteiger partial charge in [0.2, 0.25) is 0 Å². The summed E-state index contributed by atoms with van der Waals surface area (Å²) in [7, 11) is -1.76. The molecule has 0 radical (unpaired) electrons. The van der Waals surface area contributed by atoms with Gasteiger partial charge in [0.25, 0.3) is 0 Å². The summed E-state index contributed by atoms with van der Waals surface area (Å²) < 4.78 is 29.3. The van der Waals surface area contributed by atoms with Crippen molar-refractivity contribution in [1.82, 2.24) is 9.78 Å². The second kappa shape index (κ2) is 4.60. The van der Waals surface area contributed by atoms with Crippen molar-refractivity contribution in [3.05, 3.63) is 11.9 Å². The van der Waals surface area contributed by atoms with E-state index in [0.717, 1.165) is 0 Å². The van der Waals surface area contributed by atoms with Crippen LogP contribution in [-0.2, 0) is 9.84 Å². The van der Waals surface area contributed by atoms with Gasteiger partial charge in [0.05, 0.1) is 30.9 Å². The van der Waals surface area contributed by atoms with Crippen molar-refractivity contribution < 1.29 is 23.1 Å². The van der Waals surface area contributed by atoms with E-state index < -0.39 is 21.8 Å². The van der Waals surface area contributed by atoms with E-state index in [2.05, 4.69) is 5.10 Å². The molecular formula is C10H14N2O5S. The van der Waals surface area contributed by atoms with Gasteiger partial charge in [0.15, 0.2) is 21.3 Å². The second-order valence-corrected chi connectivity index (χ2v) is 6.45. The highest BCUT2D eigenvalue weighted by atomic mass is 32.2. The summed E-state index contributed by atoms with van der Waals surface area (Å²) >= 11 is 0. The first-order valence-corrected chi connectivity index (χ1v) is 7.32. The number of carbonyl (C=O) groups is 1. The van der Waals surface area contributed by atoms with Crippen LogP contribution in [-0.4, -0.2) is 47.9 Å². The van der Waals surface area contributed by atoms with Crippen LogP contribution in [0.4, 0.5) is 0 Å². The lowest BCUT2D eigenvalue weighted by molar-refractivity contribution is 0.0676. The molecule has 1 unspecified atom stereocenters. The van der Waals surface area contributed by atoms with Crippen molar-refractivity contribution >= 4 is 15.8 Å². The number of ether oxygens (including phenoxy) is 1. The number of hydrogen-bond acceptors (Lipinski definition) is 5. The smallest absolute Gasteiger partial charge is 0.358 e. The minimum absolute atomic E-state index is 0.0713. The molecule has 1 aromatic rings. The number of sulfone groups is 1. The van der Waals surface area contributed by atoms with Crippen molar-refractivity contribution in [3.63, 3.8) is 0 Å². The fraction of sp³-hybridized carbons (Fsp3) is 0.600. The quantitative estimate of drug-likeness (QED) is 0.853. The first kappa shape index (κ1) is 12.9. The van der Waals surface area contributed by atoms with Crippen LogP contribution in [0, 0.1) is 0 Å². The lowest BCUT2D eigenvalue weighted by atomic mass is 10.2. The average molecular weight is 274 g/mol. The molecule has 1 saturated heterocycles. The number of carboxylic acid groups (broad SMARTS) is 1. The molecule has 0 aromatic carbocycles. The molecule has 1 aliphatic heterocycles. The van der Waals surface area contributed by atoms with Crippen molar-refractivity contribution in [2.45, 2.75) is 18.9 Å². The van der Waals surface area contributed by atoms with E-state index in [0.29, 0.717) is 12.8 Å². The fourth-order valence-corrected chi connectivity index (χ4v) is 3.83. The number of nitrogens with zero attached hydrogens (tertiary/aromatic N) is 2. The Balaban J connectivity index is 2.39. The Morgan fingerprint density at radius 3 is 2.89 bits per heavy atom. The number of rotatable bonds is 3. The maximum atomic E-state index is 11.6. The largest absolute Gasteiger partial charge is 0.493 e. The molecule has 1 atom stereocenters. The summed E-state index contributed by atoms with van der Waals surface area (Å²) in [5.41, 5.74) is -0.0976. The maximum absolute atomic E-state index is 11.6. The summed E-state index contributed by atoms with van der Waals surface area (Å²) in [4.78, 5) is 11.2. The molecule has 18 heavy (non-hydrogen) atoms. The normalized spacial score (nSPS) is 22.6. The number of methoxy groups -OCH3 is 1. The molecule has 1 aromatic heterocycles. The van der Waals surface area contributed by atoms with Crippen molar-refractivity contribution in [2.24, 2.45) is 0 Å². The van der Waals surface area contributed by atoms with Gasteiger partial charge in [-0.3, -0.25) is 4.68 Å². The van der Waals surface area contributed by atoms with E-state index in [9.17, 15) is 13.2 Å². The van der Waals surface area contributed by atoms with Crippen LogP contribution in [0.5, 0.6) is 5.75 Å². The van der Waals surface area contributed by atoms with Gasteiger partial charge >= 0.3 is 5.97 Å². The molecule has 2 heterocycles. The number of aromatic carboxylic acids is 1. The standard InChI is InChI=1S/C10H14N2O5S/c1-17-8-5-11-12(9(8)10(13)14)7-3-2-4-18(15,16)6-7/h5,7H,2-4,6H2,1H3,(H,13,14). The van der Waals surface area contributed by atoms with Crippen LogP contribution >= 0.6 is 0 Å². The molecule has 0 bridgehead atoms. The van der Waals surface area contributed by atoms with Crippen LogP contribution in [0.3, 0.4) is 0 Å². The van der Waals surface area contributed by atoms with E-state index in [1.165, 1.54) is 18.0 Å². The summed E-state index contributed by atoms with van der Waals surface area (Å²) in [6, 6.07) is -0.432. The monoisotopic (exact) mass is 274 g/mol. The van der Waals surface area contributed by atoms with Gasteiger partial charge in [-0.25, -0.2) is 13.2 Å². The molecule has 0 amide bonds. The van der Waals surface area contributed by atoms with Gasteiger partial charge in [0, 0.05) is 0 Å². The maximum Gasteiger partial charge on any atom is 0.358 e. The highest BCUT2D eigenvalue weighted by molar-refractivity contribution is 7.91. The number of aromatic nitrogens is 2.